The molecule has 1 aromatic heterocycles. The van der Waals surface area contributed by atoms with E-state index in [2.05, 4.69) is 21.8 Å². The number of aliphatic hydroxyl groups excluding tert-OH is 1. The van der Waals surface area contributed by atoms with E-state index in [0.717, 1.165) is 36.2 Å². The first-order valence-corrected chi connectivity index (χ1v) is 6.80. The average Bonchev–Trinajstić information content (AvgIpc) is 2.48. The molecule has 0 bridgehead atoms. The van der Waals surface area contributed by atoms with E-state index in [4.69, 9.17) is 5.11 Å². The van der Waals surface area contributed by atoms with Gasteiger partial charge in [-0.15, -0.1) is 0 Å². The Balaban J connectivity index is 1.94. The largest absolute Gasteiger partial charge is 0.393 e. The highest BCUT2D eigenvalue weighted by atomic mass is 16.3. The van der Waals surface area contributed by atoms with Crippen LogP contribution >= 0.6 is 0 Å². The highest BCUT2D eigenvalue weighted by molar-refractivity contribution is 5.56. The van der Waals surface area contributed by atoms with Crippen LogP contribution in [0.5, 0.6) is 0 Å². The number of benzene rings is 1. The number of nitrogens with zero attached hydrogens (tertiary/aromatic N) is 2. The first kappa shape index (κ1) is 14.2. The Kier molecular flexibility index (Phi) is 5.28. The number of hydrogen-bond acceptors (Lipinski definition) is 3. The van der Waals surface area contributed by atoms with Gasteiger partial charge in [-0.25, -0.2) is 9.97 Å². The molecule has 0 saturated heterocycles. The third-order valence-corrected chi connectivity index (χ3v) is 2.87. The minimum atomic E-state index is -0.234. The van der Waals surface area contributed by atoms with Crippen LogP contribution in [0.25, 0.3) is 11.4 Å². The van der Waals surface area contributed by atoms with Crippen molar-refractivity contribution >= 4 is 0 Å². The third kappa shape index (κ3) is 4.49. The van der Waals surface area contributed by atoms with Gasteiger partial charge < -0.3 is 5.11 Å². The second-order valence-corrected chi connectivity index (χ2v) is 4.69. The first-order valence-electron chi connectivity index (χ1n) is 6.80. The maximum Gasteiger partial charge on any atom is 0.159 e. The predicted molar refractivity (Wildman–Crippen MR) is 79.9 cm³/mol. The van der Waals surface area contributed by atoms with E-state index in [-0.39, 0.29) is 6.10 Å². The van der Waals surface area contributed by atoms with Crippen molar-refractivity contribution in [3.8, 4) is 23.2 Å². The number of hydrogen-bond donors (Lipinski definition) is 1. The Hall–Kier alpha value is -2.18. The first-order chi connectivity index (χ1) is 9.75. The van der Waals surface area contributed by atoms with E-state index >= 15 is 0 Å². The number of aliphatic hydroxyl groups is 1. The summed E-state index contributed by atoms with van der Waals surface area (Å²) in [4.78, 5) is 8.42. The van der Waals surface area contributed by atoms with Gasteiger partial charge in [-0.05, 0) is 50.1 Å². The van der Waals surface area contributed by atoms with Gasteiger partial charge in [-0.2, -0.15) is 0 Å². The fraction of sp³-hybridized carbons (Fsp3) is 0.294. The molecule has 0 aliphatic carbocycles. The fourth-order valence-electron chi connectivity index (χ4n) is 1.80. The summed E-state index contributed by atoms with van der Waals surface area (Å²) in [5, 5.41) is 9.15. The van der Waals surface area contributed by atoms with Gasteiger partial charge in [0.05, 0.1) is 6.10 Å². The molecule has 1 N–H and O–H groups in total. The van der Waals surface area contributed by atoms with Crippen LogP contribution in [-0.4, -0.2) is 21.2 Å². The summed E-state index contributed by atoms with van der Waals surface area (Å²) in [6, 6.07) is 9.72. The highest BCUT2D eigenvalue weighted by Crippen LogP contribution is 2.14. The van der Waals surface area contributed by atoms with Gasteiger partial charge in [0, 0.05) is 29.9 Å². The Labute approximate surface area is 119 Å². The van der Waals surface area contributed by atoms with E-state index in [0.29, 0.717) is 0 Å². The van der Waals surface area contributed by atoms with Gasteiger partial charge in [0.1, 0.15) is 0 Å². The summed E-state index contributed by atoms with van der Waals surface area (Å²) in [5.74, 6) is 6.97. The summed E-state index contributed by atoms with van der Waals surface area (Å²) in [6.07, 6.45) is 5.78. The zero-order chi connectivity index (χ0) is 14.2. The molecule has 2 aromatic rings. The molecule has 1 heterocycles. The lowest BCUT2D eigenvalue weighted by atomic mass is 10.1. The molecule has 0 saturated carbocycles. The average molecular weight is 266 g/mol. The highest BCUT2D eigenvalue weighted by Gasteiger charge is 1.98. The van der Waals surface area contributed by atoms with E-state index < -0.39 is 0 Å². The van der Waals surface area contributed by atoms with E-state index in [1.54, 1.807) is 25.4 Å². The normalized spacial score (nSPS) is 11.5. The van der Waals surface area contributed by atoms with Crippen molar-refractivity contribution in [2.75, 3.05) is 0 Å². The SMILES string of the molecule is CC(O)CCCC#Cc1ccc(-c2ncccn2)cc1. The molecule has 0 aliphatic heterocycles. The Morgan fingerprint density at radius 2 is 1.85 bits per heavy atom. The van der Waals surface area contributed by atoms with Crippen molar-refractivity contribution in [3.05, 3.63) is 48.3 Å². The van der Waals surface area contributed by atoms with Gasteiger partial charge >= 0.3 is 0 Å². The van der Waals surface area contributed by atoms with Crippen molar-refractivity contribution in [2.45, 2.75) is 32.3 Å². The van der Waals surface area contributed by atoms with Crippen molar-refractivity contribution in [1.82, 2.24) is 9.97 Å². The number of unbranched alkanes of at least 4 members (excludes halogenated alkanes) is 1. The maximum absolute atomic E-state index is 9.15. The molecule has 3 nitrogen and oxygen atoms in total. The van der Waals surface area contributed by atoms with E-state index in [1.807, 2.05) is 24.3 Å². The van der Waals surface area contributed by atoms with Crippen LogP contribution < -0.4 is 0 Å². The van der Waals surface area contributed by atoms with Gasteiger partial charge in [-0.3, -0.25) is 0 Å². The molecule has 0 amide bonds. The van der Waals surface area contributed by atoms with Crippen LogP contribution in [0.2, 0.25) is 0 Å². The lowest BCUT2D eigenvalue weighted by molar-refractivity contribution is 0.182. The zero-order valence-corrected chi connectivity index (χ0v) is 11.6. The lowest BCUT2D eigenvalue weighted by Crippen LogP contribution is -1.97. The Bertz CT molecular complexity index is 580. The van der Waals surface area contributed by atoms with Crippen LogP contribution in [0.4, 0.5) is 0 Å². The van der Waals surface area contributed by atoms with Crippen molar-refractivity contribution in [3.63, 3.8) is 0 Å². The molecule has 3 heteroatoms. The molecule has 0 spiro atoms. The summed E-state index contributed by atoms with van der Waals surface area (Å²) in [7, 11) is 0. The monoisotopic (exact) mass is 266 g/mol. The second kappa shape index (κ2) is 7.42. The predicted octanol–water partition coefficient (Wildman–Crippen LogP) is 3.05. The minimum absolute atomic E-state index is 0.234. The molecule has 102 valence electrons. The van der Waals surface area contributed by atoms with Crippen LogP contribution in [0.1, 0.15) is 31.7 Å². The second-order valence-electron chi connectivity index (χ2n) is 4.69. The van der Waals surface area contributed by atoms with Crippen LogP contribution in [-0.2, 0) is 0 Å². The molecule has 0 aliphatic rings. The summed E-state index contributed by atoms with van der Waals surface area (Å²) in [5.41, 5.74) is 1.98. The minimum Gasteiger partial charge on any atom is -0.393 e. The summed E-state index contributed by atoms with van der Waals surface area (Å²) in [6.45, 7) is 1.80. The van der Waals surface area contributed by atoms with Crippen LogP contribution in [0.3, 0.4) is 0 Å². The molecular weight excluding hydrogens is 248 g/mol. The third-order valence-electron chi connectivity index (χ3n) is 2.87. The fourth-order valence-corrected chi connectivity index (χ4v) is 1.80. The number of aromatic nitrogens is 2. The molecule has 2 rings (SSSR count). The van der Waals surface area contributed by atoms with Crippen molar-refractivity contribution in [2.24, 2.45) is 0 Å². The van der Waals surface area contributed by atoms with E-state index in [9.17, 15) is 0 Å². The molecule has 1 aromatic carbocycles. The topological polar surface area (TPSA) is 46.0 Å². The molecule has 0 radical (unpaired) electrons. The van der Waals surface area contributed by atoms with Gasteiger partial charge in [0.2, 0.25) is 0 Å². The molecular formula is C17H18N2O. The summed E-state index contributed by atoms with van der Waals surface area (Å²) < 4.78 is 0. The molecule has 1 atom stereocenters. The van der Waals surface area contributed by atoms with Gasteiger partial charge in [-0.1, -0.05) is 11.8 Å². The van der Waals surface area contributed by atoms with Gasteiger partial charge in [0.15, 0.2) is 5.82 Å². The maximum atomic E-state index is 9.15. The quantitative estimate of drug-likeness (QED) is 0.683. The van der Waals surface area contributed by atoms with E-state index in [1.165, 1.54) is 0 Å². The standard InChI is InChI=1S/C17H18N2O/c1-14(20)6-3-2-4-7-15-8-10-16(11-9-15)17-18-12-5-13-19-17/h5,8-14,20H,2-3,6H2,1H3. The Morgan fingerprint density at radius 3 is 2.50 bits per heavy atom. The van der Waals surface area contributed by atoms with Crippen molar-refractivity contribution < 1.29 is 5.11 Å². The molecule has 0 fully saturated rings. The number of rotatable bonds is 4. The molecule has 20 heavy (non-hydrogen) atoms. The van der Waals surface area contributed by atoms with Crippen molar-refractivity contribution in [1.29, 1.82) is 0 Å². The molecule has 1 unspecified atom stereocenters. The zero-order valence-electron chi connectivity index (χ0n) is 11.6. The van der Waals surface area contributed by atoms with Crippen LogP contribution in [0.15, 0.2) is 42.7 Å². The lowest BCUT2D eigenvalue weighted by Gasteiger charge is -1.99. The Morgan fingerprint density at radius 1 is 1.15 bits per heavy atom. The smallest absolute Gasteiger partial charge is 0.159 e. The summed E-state index contributed by atoms with van der Waals surface area (Å²) >= 11 is 0. The van der Waals surface area contributed by atoms with Gasteiger partial charge in [0.25, 0.3) is 0 Å². The van der Waals surface area contributed by atoms with Crippen LogP contribution in [0, 0.1) is 11.8 Å².